The van der Waals surface area contributed by atoms with Gasteiger partial charge >= 0.3 is 18.0 Å². The molecule has 13 nitrogen and oxygen atoms in total. The van der Waals surface area contributed by atoms with Crippen molar-refractivity contribution in [3.63, 3.8) is 0 Å². The number of amides is 4. The average molecular weight is 703 g/mol. The van der Waals surface area contributed by atoms with E-state index in [9.17, 15) is 33.9 Å². The van der Waals surface area contributed by atoms with Crippen LogP contribution in [0.1, 0.15) is 95.1 Å². The minimum atomic E-state index is -1.42. The van der Waals surface area contributed by atoms with Crippen molar-refractivity contribution in [3.05, 3.63) is 47.5 Å². The number of hydrogen-bond donors (Lipinski definition) is 3. The highest BCUT2D eigenvalue weighted by atomic mass is 16.6. The number of likely N-dealkylation sites (N-methyl/N-ethyl adjacent to an activating group) is 2. The quantitative estimate of drug-likeness (QED) is 0.199. The van der Waals surface area contributed by atoms with E-state index in [4.69, 9.17) is 9.47 Å². The van der Waals surface area contributed by atoms with Gasteiger partial charge in [0.2, 0.25) is 17.7 Å². The van der Waals surface area contributed by atoms with Gasteiger partial charge in [-0.1, -0.05) is 71.0 Å². The minimum absolute atomic E-state index is 0.0483. The van der Waals surface area contributed by atoms with Crippen LogP contribution in [0, 0.1) is 5.41 Å². The van der Waals surface area contributed by atoms with Crippen LogP contribution < -0.4 is 10.6 Å². The van der Waals surface area contributed by atoms with Crippen LogP contribution in [0.25, 0.3) is 0 Å². The second kappa shape index (κ2) is 17.0. The number of carbonyl (C=O) groups excluding carboxylic acids is 5. The first-order chi connectivity index (χ1) is 22.6. The van der Waals surface area contributed by atoms with E-state index in [1.807, 2.05) is 44.2 Å². The molecule has 13 heteroatoms. The van der Waals surface area contributed by atoms with Crippen LogP contribution in [0.3, 0.4) is 0 Å². The number of aliphatic carboxylic acids is 1. The van der Waals surface area contributed by atoms with E-state index in [0.717, 1.165) is 5.56 Å². The van der Waals surface area contributed by atoms with E-state index >= 15 is 0 Å². The third-order valence-corrected chi connectivity index (χ3v) is 7.70. The lowest BCUT2D eigenvalue weighted by atomic mass is 9.76. The molecule has 0 aromatic heterocycles. The van der Waals surface area contributed by atoms with Crippen LogP contribution in [-0.4, -0.2) is 101 Å². The smallest absolute Gasteiger partial charge is 0.410 e. The lowest BCUT2D eigenvalue weighted by molar-refractivity contribution is -0.160. The van der Waals surface area contributed by atoms with E-state index in [0.29, 0.717) is 0 Å². The molecule has 1 unspecified atom stereocenters. The average Bonchev–Trinajstić information content (AvgIpc) is 2.95. The summed E-state index contributed by atoms with van der Waals surface area (Å²) in [7, 11) is 3.01. The standard InChI is InChI=1S/C37H58N4O9/c1-23(29(44)38-25(22-26(42)43)32(47)49-35(5,6)7)20-21-40(13)31(46)27(34(2,3)4)39-30(45)28(41(14)33(48)50-36(8,9)10)37(11,12)24-18-16-15-17-19-24/h15-20,25,27-28H,21-22H2,1-14H3,(H,38,44)(H,39,45)(H,42,43)/b23-20+/t25-,27?,28-/m1/s1. The normalized spacial score (nSPS) is 14.4. The van der Waals surface area contributed by atoms with Crippen molar-refractivity contribution in [1.82, 2.24) is 20.4 Å². The summed E-state index contributed by atoms with van der Waals surface area (Å²) in [6, 6.07) is 5.72. The predicted octanol–water partition coefficient (Wildman–Crippen LogP) is 4.44. The number of carboxylic acids is 1. The third kappa shape index (κ3) is 13.5. The van der Waals surface area contributed by atoms with E-state index in [1.54, 1.807) is 62.3 Å². The molecule has 4 amide bonds. The molecule has 0 radical (unpaired) electrons. The number of rotatable bonds is 13. The molecule has 3 atom stereocenters. The number of carbonyl (C=O) groups is 6. The highest BCUT2D eigenvalue weighted by molar-refractivity contribution is 5.97. The van der Waals surface area contributed by atoms with E-state index in [2.05, 4.69) is 10.6 Å². The molecule has 0 fully saturated rings. The lowest BCUT2D eigenvalue weighted by Gasteiger charge is -2.42. The van der Waals surface area contributed by atoms with Gasteiger partial charge in [-0.05, 0) is 59.4 Å². The number of nitrogens with zero attached hydrogens (tertiary/aromatic N) is 2. The Morgan fingerprint density at radius 3 is 1.80 bits per heavy atom. The Morgan fingerprint density at radius 1 is 0.820 bits per heavy atom. The second-order valence-corrected chi connectivity index (χ2v) is 16.2. The number of carboxylic acid groups (broad SMARTS) is 1. The molecule has 0 saturated heterocycles. The zero-order valence-corrected chi connectivity index (χ0v) is 32.2. The van der Waals surface area contributed by atoms with Gasteiger partial charge in [0.25, 0.3) is 0 Å². The summed E-state index contributed by atoms with van der Waals surface area (Å²) in [5, 5.41) is 14.6. The fourth-order valence-electron chi connectivity index (χ4n) is 5.01. The van der Waals surface area contributed by atoms with Crippen LogP contribution in [0.2, 0.25) is 0 Å². The van der Waals surface area contributed by atoms with Crippen molar-refractivity contribution in [2.45, 2.75) is 124 Å². The number of ether oxygens (including phenoxy) is 2. The first-order valence-electron chi connectivity index (χ1n) is 16.6. The van der Waals surface area contributed by atoms with Gasteiger partial charge < -0.3 is 30.1 Å². The summed E-state index contributed by atoms with van der Waals surface area (Å²) in [5.74, 6) is -3.91. The van der Waals surface area contributed by atoms with Crippen molar-refractivity contribution >= 4 is 35.8 Å². The van der Waals surface area contributed by atoms with Gasteiger partial charge in [0.05, 0.1) is 6.42 Å². The van der Waals surface area contributed by atoms with Crippen LogP contribution >= 0.6 is 0 Å². The zero-order chi connectivity index (χ0) is 39.0. The van der Waals surface area contributed by atoms with Crippen molar-refractivity contribution in [3.8, 4) is 0 Å². The molecule has 0 bridgehead atoms. The zero-order valence-electron chi connectivity index (χ0n) is 32.2. The molecule has 1 rings (SSSR count). The first-order valence-corrected chi connectivity index (χ1v) is 16.6. The molecular weight excluding hydrogens is 644 g/mol. The number of nitrogens with one attached hydrogen (secondary N) is 2. The Hall–Kier alpha value is -4.42. The summed E-state index contributed by atoms with van der Waals surface area (Å²) < 4.78 is 10.9. The summed E-state index contributed by atoms with van der Waals surface area (Å²) in [5.41, 5.74) is -2.48. The molecule has 0 aliphatic heterocycles. The van der Waals surface area contributed by atoms with Gasteiger partial charge in [0.1, 0.15) is 29.3 Å². The lowest BCUT2D eigenvalue weighted by Crippen LogP contribution is -2.62. The third-order valence-electron chi connectivity index (χ3n) is 7.70. The van der Waals surface area contributed by atoms with Crippen LogP contribution in [0.5, 0.6) is 0 Å². The largest absolute Gasteiger partial charge is 0.481 e. The van der Waals surface area contributed by atoms with Gasteiger partial charge in [0, 0.05) is 31.6 Å². The molecule has 3 N–H and O–H groups in total. The number of esters is 1. The predicted molar refractivity (Wildman–Crippen MR) is 190 cm³/mol. The molecule has 1 aromatic rings. The van der Waals surface area contributed by atoms with Crippen LogP contribution in [0.15, 0.2) is 42.0 Å². The maximum atomic E-state index is 14.3. The second-order valence-electron chi connectivity index (χ2n) is 16.2. The minimum Gasteiger partial charge on any atom is -0.481 e. The summed E-state index contributed by atoms with van der Waals surface area (Å²) >= 11 is 0. The molecule has 0 saturated carbocycles. The Bertz CT molecular complexity index is 1420. The fourth-order valence-corrected chi connectivity index (χ4v) is 5.01. The maximum absolute atomic E-state index is 14.3. The fraction of sp³-hybridized carbons (Fsp3) is 0.622. The maximum Gasteiger partial charge on any atom is 0.410 e. The van der Waals surface area contributed by atoms with Crippen LogP contribution in [0.4, 0.5) is 4.79 Å². The highest BCUT2D eigenvalue weighted by Crippen LogP contribution is 2.32. The summed E-state index contributed by atoms with van der Waals surface area (Å²) in [4.78, 5) is 80.9. The van der Waals surface area contributed by atoms with Gasteiger partial charge in [-0.3, -0.25) is 24.1 Å². The molecule has 1 aromatic carbocycles. The van der Waals surface area contributed by atoms with Crippen molar-refractivity contribution < 1.29 is 43.3 Å². The van der Waals surface area contributed by atoms with Gasteiger partial charge in [-0.2, -0.15) is 0 Å². The Labute approximate surface area is 297 Å². The Balaban J connectivity index is 3.33. The Kier molecular flexibility index (Phi) is 14.8. The topological polar surface area (TPSA) is 172 Å². The van der Waals surface area contributed by atoms with E-state index < -0.39 is 82.3 Å². The van der Waals surface area contributed by atoms with Crippen molar-refractivity contribution in [1.29, 1.82) is 0 Å². The van der Waals surface area contributed by atoms with Gasteiger partial charge in [0.15, 0.2) is 0 Å². The van der Waals surface area contributed by atoms with Crippen molar-refractivity contribution in [2.75, 3.05) is 20.6 Å². The monoisotopic (exact) mass is 702 g/mol. The number of hydrogen-bond acceptors (Lipinski definition) is 8. The molecule has 0 heterocycles. The van der Waals surface area contributed by atoms with E-state index in [-0.39, 0.29) is 12.1 Å². The van der Waals surface area contributed by atoms with Crippen LogP contribution in [-0.2, 0) is 38.9 Å². The molecule has 50 heavy (non-hydrogen) atoms. The summed E-state index contributed by atoms with van der Waals surface area (Å²) in [6.45, 7) is 20.6. The molecule has 0 aliphatic carbocycles. The SMILES string of the molecule is C/C(=C\CN(C)C(=O)C(NC(=O)[C@@H](N(C)C(=O)OC(C)(C)C)C(C)(C)c1ccccc1)C(C)(C)C)C(=O)N[C@H](CC(=O)O)C(=O)OC(C)(C)C. The first kappa shape index (κ1) is 43.6. The molecule has 0 aliphatic rings. The van der Waals surface area contributed by atoms with E-state index in [1.165, 1.54) is 36.9 Å². The van der Waals surface area contributed by atoms with Crippen molar-refractivity contribution in [2.24, 2.45) is 5.41 Å². The number of benzene rings is 1. The molecule has 280 valence electrons. The van der Waals surface area contributed by atoms with Gasteiger partial charge in [-0.25, -0.2) is 9.59 Å². The summed E-state index contributed by atoms with van der Waals surface area (Å²) in [6.07, 6.45) is 0.0811. The Morgan fingerprint density at radius 2 is 1.34 bits per heavy atom. The van der Waals surface area contributed by atoms with Gasteiger partial charge in [-0.15, -0.1) is 0 Å². The highest BCUT2D eigenvalue weighted by Gasteiger charge is 2.45. The molecule has 0 spiro atoms. The molecular formula is C37H58N4O9.